The lowest BCUT2D eigenvalue weighted by Crippen LogP contribution is -2.37. The minimum Gasteiger partial charge on any atom is -0.356 e. The quantitative estimate of drug-likeness (QED) is 0.247. The highest BCUT2D eigenvalue weighted by Gasteiger charge is 2.06. The molecule has 0 saturated heterocycles. The zero-order valence-corrected chi connectivity index (χ0v) is 18.1. The number of nitrogens with one attached hydrogen (secondary N) is 2. The van der Waals surface area contributed by atoms with Crippen molar-refractivity contribution in [1.82, 2.24) is 15.5 Å². The number of hydrogen-bond donors (Lipinski definition) is 2. The lowest BCUT2D eigenvalue weighted by molar-refractivity contribution is 0.295. The molecule has 0 radical (unpaired) electrons. The van der Waals surface area contributed by atoms with Crippen LogP contribution in [0.2, 0.25) is 0 Å². The Morgan fingerprint density at radius 3 is 2.25 bits per heavy atom. The summed E-state index contributed by atoms with van der Waals surface area (Å²) in [6.07, 6.45) is 3.69. The molecule has 0 aliphatic rings. The van der Waals surface area contributed by atoms with E-state index in [1.807, 2.05) is 7.05 Å². The van der Waals surface area contributed by atoms with Gasteiger partial charge >= 0.3 is 0 Å². The van der Waals surface area contributed by atoms with E-state index in [1.165, 1.54) is 30.4 Å². The normalized spacial score (nSPS) is 11.3. The maximum Gasteiger partial charge on any atom is 0.191 e. The Morgan fingerprint density at radius 1 is 1.00 bits per heavy atom. The molecule has 0 heterocycles. The van der Waals surface area contributed by atoms with Crippen molar-refractivity contribution in [2.45, 2.75) is 53.1 Å². The number of guanidine groups is 1. The van der Waals surface area contributed by atoms with Crippen molar-refractivity contribution in [2.24, 2.45) is 4.99 Å². The van der Waals surface area contributed by atoms with Gasteiger partial charge in [0, 0.05) is 26.7 Å². The summed E-state index contributed by atoms with van der Waals surface area (Å²) in [5, 5.41) is 6.82. The van der Waals surface area contributed by atoms with Gasteiger partial charge in [-0.25, -0.2) is 0 Å². The van der Waals surface area contributed by atoms with Crippen LogP contribution in [-0.4, -0.2) is 37.5 Å². The highest BCUT2D eigenvalue weighted by molar-refractivity contribution is 14.0. The Labute approximate surface area is 165 Å². The zero-order valence-electron chi connectivity index (χ0n) is 15.8. The van der Waals surface area contributed by atoms with Gasteiger partial charge in [-0.2, -0.15) is 0 Å². The van der Waals surface area contributed by atoms with Crippen LogP contribution in [0.3, 0.4) is 0 Å². The number of nitrogens with zero attached hydrogens (tertiary/aromatic N) is 2. The van der Waals surface area contributed by atoms with Crippen LogP contribution in [-0.2, 0) is 13.1 Å². The van der Waals surface area contributed by atoms with Crippen LogP contribution in [0.1, 0.15) is 51.2 Å². The lowest BCUT2D eigenvalue weighted by atomic mass is 10.1. The van der Waals surface area contributed by atoms with Gasteiger partial charge in [0.1, 0.15) is 0 Å². The smallest absolute Gasteiger partial charge is 0.191 e. The molecule has 24 heavy (non-hydrogen) atoms. The van der Waals surface area contributed by atoms with Gasteiger partial charge in [0.25, 0.3) is 0 Å². The molecule has 0 bridgehead atoms. The second-order valence-corrected chi connectivity index (χ2v) is 5.79. The maximum atomic E-state index is 4.31. The summed E-state index contributed by atoms with van der Waals surface area (Å²) >= 11 is 0. The lowest BCUT2D eigenvalue weighted by Gasteiger charge is -2.20. The van der Waals surface area contributed by atoms with Gasteiger partial charge in [0.05, 0.1) is 0 Å². The number of aliphatic imine (C=N–C) groups is 1. The van der Waals surface area contributed by atoms with E-state index in [-0.39, 0.29) is 24.0 Å². The number of unbranched alkanes of at least 4 members (excludes halogenated alkanes) is 2. The van der Waals surface area contributed by atoms with Gasteiger partial charge in [-0.05, 0) is 30.6 Å². The van der Waals surface area contributed by atoms with E-state index in [9.17, 15) is 0 Å². The van der Waals surface area contributed by atoms with E-state index in [4.69, 9.17) is 0 Å². The van der Waals surface area contributed by atoms with Crippen LogP contribution >= 0.6 is 24.0 Å². The predicted molar refractivity (Wildman–Crippen MR) is 116 cm³/mol. The summed E-state index contributed by atoms with van der Waals surface area (Å²) in [6, 6.07) is 8.67. The molecule has 0 atom stereocenters. The second kappa shape index (κ2) is 14.5. The van der Waals surface area contributed by atoms with E-state index in [0.29, 0.717) is 0 Å². The fourth-order valence-corrected chi connectivity index (χ4v) is 2.55. The Morgan fingerprint density at radius 2 is 1.67 bits per heavy atom. The molecule has 1 aromatic carbocycles. The van der Waals surface area contributed by atoms with Crippen LogP contribution in [0.4, 0.5) is 0 Å². The molecule has 0 unspecified atom stereocenters. The molecular weight excluding hydrogens is 411 g/mol. The van der Waals surface area contributed by atoms with Crippen LogP contribution in [0.15, 0.2) is 29.3 Å². The van der Waals surface area contributed by atoms with Gasteiger partial charge in [0.2, 0.25) is 0 Å². The fraction of sp³-hybridized carbons (Fsp3) is 0.632. The van der Waals surface area contributed by atoms with E-state index in [2.05, 4.69) is 65.6 Å². The van der Waals surface area contributed by atoms with Crippen molar-refractivity contribution in [3.8, 4) is 0 Å². The molecule has 1 aromatic rings. The van der Waals surface area contributed by atoms with E-state index in [0.717, 1.165) is 38.7 Å². The van der Waals surface area contributed by atoms with Crippen LogP contribution in [0.25, 0.3) is 0 Å². The SMILES string of the molecule is CCCCCNC(=NC)NCc1ccccc1CN(CC)CC.I. The standard InChI is InChI=1S/C19H34N4.HI/c1-5-8-11-14-21-19(20-4)22-15-17-12-9-10-13-18(17)16-23(6-2)7-3;/h9-10,12-13H,5-8,11,14-16H2,1-4H3,(H2,20,21,22);1H. The number of benzene rings is 1. The predicted octanol–water partition coefficient (Wildman–Crippen LogP) is 4.00. The highest BCUT2D eigenvalue weighted by Crippen LogP contribution is 2.11. The Bertz CT molecular complexity index is 458. The summed E-state index contributed by atoms with van der Waals surface area (Å²) in [5.74, 6) is 0.888. The van der Waals surface area contributed by atoms with Crippen molar-refractivity contribution in [3.05, 3.63) is 35.4 Å². The zero-order chi connectivity index (χ0) is 16.9. The minimum absolute atomic E-state index is 0. The minimum atomic E-state index is 0. The van der Waals surface area contributed by atoms with Crippen LogP contribution in [0.5, 0.6) is 0 Å². The largest absolute Gasteiger partial charge is 0.356 e. The summed E-state index contributed by atoms with van der Waals surface area (Å²) in [6.45, 7) is 11.6. The van der Waals surface area contributed by atoms with E-state index < -0.39 is 0 Å². The van der Waals surface area contributed by atoms with Gasteiger partial charge < -0.3 is 10.6 Å². The van der Waals surface area contributed by atoms with Crippen molar-refractivity contribution in [2.75, 3.05) is 26.7 Å². The van der Waals surface area contributed by atoms with Crippen molar-refractivity contribution in [1.29, 1.82) is 0 Å². The monoisotopic (exact) mass is 446 g/mol. The highest BCUT2D eigenvalue weighted by atomic mass is 127. The van der Waals surface area contributed by atoms with Gasteiger partial charge in [-0.15, -0.1) is 24.0 Å². The van der Waals surface area contributed by atoms with Crippen LogP contribution in [0, 0.1) is 0 Å². The molecule has 138 valence electrons. The first kappa shape index (κ1) is 23.2. The first-order valence-electron chi connectivity index (χ1n) is 8.98. The van der Waals surface area contributed by atoms with E-state index >= 15 is 0 Å². The number of hydrogen-bond acceptors (Lipinski definition) is 2. The third-order valence-corrected chi connectivity index (χ3v) is 4.15. The third kappa shape index (κ3) is 8.87. The van der Waals surface area contributed by atoms with Gasteiger partial charge in [-0.3, -0.25) is 9.89 Å². The summed E-state index contributed by atoms with van der Waals surface area (Å²) in [4.78, 5) is 6.75. The fourth-order valence-electron chi connectivity index (χ4n) is 2.55. The summed E-state index contributed by atoms with van der Waals surface area (Å²) in [7, 11) is 1.83. The van der Waals surface area contributed by atoms with Crippen molar-refractivity contribution < 1.29 is 0 Å². The summed E-state index contributed by atoms with van der Waals surface area (Å²) < 4.78 is 0. The molecule has 0 aliphatic carbocycles. The number of rotatable bonds is 10. The molecule has 4 nitrogen and oxygen atoms in total. The molecule has 0 aromatic heterocycles. The molecule has 0 saturated carbocycles. The van der Waals surface area contributed by atoms with Gasteiger partial charge in [-0.1, -0.05) is 57.9 Å². The topological polar surface area (TPSA) is 39.7 Å². The molecule has 1 rings (SSSR count). The average Bonchev–Trinajstić information content (AvgIpc) is 2.60. The van der Waals surface area contributed by atoms with Crippen molar-refractivity contribution >= 4 is 29.9 Å². The van der Waals surface area contributed by atoms with Crippen LogP contribution < -0.4 is 10.6 Å². The molecule has 2 N–H and O–H groups in total. The second-order valence-electron chi connectivity index (χ2n) is 5.79. The Kier molecular flexibility index (Phi) is 14.0. The number of halogens is 1. The average molecular weight is 446 g/mol. The van der Waals surface area contributed by atoms with E-state index in [1.54, 1.807) is 0 Å². The first-order chi connectivity index (χ1) is 11.2. The van der Waals surface area contributed by atoms with Crippen molar-refractivity contribution in [3.63, 3.8) is 0 Å². The molecule has 0 fully saturated rings. The Balaban J connectivity index is 0.00000529. The molecule has 0 spiro atoms. The molecular formula is C19H35IN4. The molecule has 0 amide bonds. The van der Waals surface area contributed by atoms with Gasteiger partial charge in [0.15, 0.2) is 5.96 Å². The molecule has 5 heteroatoms. The maximum absolute atomic E-state index is 4.31. The Hall–Kier alpha value is -0.820. The summed E-state index contributed by atoms with van der Waals surface area (Å²) in [5.41, 5.74) is 2.74. The first-order valence-corrected chi connectivity index (χ1v) is 8.98. The third-order valence-electron chi connectivity index (χ3n) is 4.15. The molecule has 0 aliphatic heterocycles.